The summed E-state index contributed by atoms with van der Waals surface area (Å²) >= 11 is 0. The zero-order valence-corrected chi connectivity index (χ0v) is 24.9. The lowest BCUT2D eigenvalue weighted by atomic mass is 9.94. The van der Waals surface area contributed by atoms with Crippen LogP contribution in [-0.4, -0.2) is 59.5 Å². The fraction of sp³-hybridized carbons (Fsp3) is 0.471. The summed E-state index contributed by atoms with van der Waals surface area (Å²) in [6.07, 6.45) is 10.4. The third kappa shape index (κ3) is 8.15. The average Bonchev–Trinajstić information content (AvgIpc) is 3.45. The molecule has 1 aliphatic carbocycles. The molecule has 0 saturated heterocycles. The molecule has 1 heterocycles. The Labute approximate surface area is 245 Å². The summed E-state index contributed by atoms with van der Waals surface area (Å²) in [6.45, 7) is 4.00. The van der Waals surface area contributed by atoms with Crippen LogP contribution in [0.15, 0.2) is 66.9 Å². The van der Waals surface area contributed by atoms with Crippen molar-refractivity contribution in [2.45, 2.75) is 77.4 Å². The molecular formula is C34H45N3O4. The van der Waals surface area contributed by atoms with E-state index in [1.54, 1.807) is 37.3 Å². The summed E-state index contributed by atoms with van der Waals surface area (Å²) in [6, 6.07) is 19.9. The van der Waals surface area contributed by atoms with Crippen LogP contribution in [0.3, 0.4) is 0 Å². The van der Waals surface area contributed by atoms with Gasteiger partial charge in [0, 0.05) is 37.1 Å². The maximum absolute atomic E-state index is 14.1. The van der Waals surface area contributed by atoms with Crippen molar-refractivity contribution in [1.29, 1.82) is 0 Å². The minimum absolute atomic E-state index is 0.00156. The van der Waals surface area contributed by atoms with Crippen molar-refractivity contribution in [3.63, 3.8) is 0 Å². The molecule has 0 radical (unpaired) electrons. The first-order chi connectivity index (χ1) is 20.0. The van der Waals surface area contributed by atoms with E-state index >= 15 is 0 Å². The molecule has 1 saturated carbocycles. The second-order valence-electron chi connectivity index (χ2n) is 10.9. The van der Waals surface area contributed by atoms with Crippen LogP contribution in [0.25, 0.3) is 0 Å². The summed E-state index contributed by atoms with van der Waals surface area (Å²) in [5, 5.41) is 0. The zero-order chi connectivity index (χ0) is 29.0. The minimum Gasteiger partial charge on any atom is -0.497 e. The highest BCUT2D eigenvalue weighted by atomic mass is 16.5. The first-order valence-electron chi connectivity index (χ1n) is 15.0. The number of rotatable bonds is 14. The molecule has 1 aliphatic rings. The Balaban J connectivity index is 1.57. The lowest BCUT2D eigenvalue weighted by Gasteiger charge is -2.36. The van der Waals surface area contributed by atoms with Crippen LogP contribution in [0.1, 0.15) is 79.9 Å². The highest BCUT2D eigenvalue weighted by Crippen LogP contribution is 2.28. The summed E-state index contributed by atoms with van der Waals surface area (Å²) < 4.78 is 13.1. The molecule has 41 heavy (non-hydrogen) atoms. The molecule has 4 rings (SSSR count). The number of ether oxygens (including phenoxy) is 2. The van der Waals surface area contributed by atoms with E-state index in [4.69, 9.17) is 9.47 Å². The zero-order valence-electron chi connectivity index (χ0n) is 24.9. The summed E-state index contributed by atoms with van der Waals surface area (Å²) in [7, 11) is 3.13. The molecule has 7 nitrogen and oxygen atoms in total. The largest absolute Gasteiger partial charge is 0.497 e. The van der Waals surface area contributed by atoms with Crippen LogP contribution in [-0.2, 0) is 17.9 Å². The van der Waals surface area contributed by atoms with Crippen LogP contribution < -0.4 is 9.47 Å². The summed E-state index contributed by atoms with van der Waals surface area (Å²) in [5.74, 6) is 0.880. The third-order valence-electron chi connectivity index (χ3n) is 8.07. The number of unbranched alkanes of at least 4 members (excludes halogenated alkanes) is 2. The monoisotopic (exact) mass is 559 g/mol. The SMILES string of the molecule is CCCCCN(CC(=O)N(Cc1cccn1Cc1ccccc1)C1CCCCC1)C(=O)c1ccc(OC)cc1OC. The lowest BCUT2D eigenvalue weighted by Crippen LogP contribution is -2.47. The Bertz CT molecular complexity index is 1250. The second-order valence-corrected chi connectivity index (χ2v) is 10.9. The number of nitrogens with zero attached hydrogens (tertiary/aromatic N) is 3. The van der Waals surface area contributed by atoms with Crippen molar-refractivity contribution >= 4 is 11.8 Å². The molecule has 0 spiro atoms. The van der Waals surface area contributed by atoms with Gasteiger partial charge in [0.05, 0.1) is 26.3 Å². The molecule has 0 bridgehead atoms. The lowest BCUT2D eigenvalue weighted by molar-refractivity contribution is -0.135. The van der Waals surface area contributed by atoms with Gasteiger partial charge in [0.1, 0.15) is 18.0 Å². The van der Waals surface area contributed by atoms with Gasteiger partial charge in [-0.1, -0.05) is 69.4 Å². The average molecular weight is 560 g/mol. The van der Waals surface area contributed by atoms with Crippen molar-refractivity contribution < 1.29 is 19.1 Å². The quantitative estimate of drug-likeness (QED) is 0.210. The van der Waals surface area contributed by atoms with Gasteiger partial charge in [0.2, 0.25) is 5.91 Å². The molecule has 0 aliphatic heterocycles. The van der Waals surface area contributed by atoms with Gasteiger partial charge in [-0.2, -0.15) is 0 Å². The normalized spacial score (nSPS) is 13.5. The maximum Gasteiger partial charge on any atom is 0.258 e. The number of hydrogen-bond acceptors (Lipinski definition) is 4. The molecular weight excluding hydrogens is 514 g/mol. The number of amides is 2. The van der Waals surface area contributed by atoms with Gasteiger partial charge in [-0.25, -0.2) is 0 Å². The van der Waals surface area contributed by atoms with Crippen molar-refractivity contribution in [2.75, 3.05) is 27.3 Å². The summed E-state index contributed by atoms with van der Waals surface area (Å²) in [5.41, 5.74) is 2.77. The van der Waals surface area contributed by atoms with Gasteiger partial charge in [-0.3, -0.25) is 9.59 Å². The molecule has 0 N–H and O–H groups in total. The van der Waals surface area contributed by atoms with E-state index < -0.39 is 0 Å². The molecule has 1 fully saturated rings. The molecule has 3 aromatic rings. The van der Waals surface area contributed by atoms with Crippen LogP contribution >= 0.6 is 0 Å². The Hall–Kier alpha value is -3.74. The van der Waals surface area contributed by atoms with E-state index in [2.05, 4.69) is 54.1 Å². The smallest absolute Gasteiger partial charge is 0.258 e. The molecule has 7 heteroatoms. The molecule has 1 aromatic heterocycles. The number of carbonyl (C=O) groups is 2. The Morgan fingerprint density at radius 1 is 0.927 bits per heavy atom. The van der Waals surface area contributed by atoms with Crippen molar-refractivity contribution in [2.24, 2.45) is 0 Å². The Morgan fingerprint density at radius 2 is 1.71 bits per heavy atom. The van der Waals surface area contributed by atoms with E-state index in [-0.39, 0.29) is 24.4 Å². The predicted molar refractivity (Wildman–Crippen MR) is 162 cm³/mol. The molecule has 220 valence electrons. The summed E-state index contributed by atoms with van der Waals surface area (Å²) in [4.78, 5) is 31.8. The third-order valence-corrected chi connectivity index (χ3v) is 8.07. The van der Waals surface area contributed by atoms with Crippen molar-refractivity contribution in [1.82, 2.24) is 14.4 Å². The van der Waals surface area contributed by atoms with E-state index in [0.29, 0.717) is 30.2 Å². The molecule has 0 atom stereocenters. The molecule has 2 aromatic carbocycles. The number of methoxy groups -OCH3 is 2. The van der Waals surface area contributed by atoms with Gasteiger partial charge in [-0.15, -0.1) is 0 Å². The van der Waals surface area contributed by atoms with E-state index in [0.717, 1.165) is 57.2 Å². The van der Waals surface area contributed by atoms with Gasteiger partial charge in [0.15, 0.2) is 0 Å². The number of benzene rings is 2. The topological polar surface area (TPSA) is 64.0 Å². The van der Waals surface area contributed by atoms with E-state index in [9.17, 15) is 9.59 Å². The van der Waals surface area contributed by atoms with Crippen LogP contribution in [0.4, 0.5) is 0 Å². The van der Waals surface area contributed by atoms with Crippen molar-refractivity contribution in [3.8, 4) is 11.5 Å². The van der Waals surface area contributed by atoms with Gasteiger partial charge < -0.3 is 23.8 Å². The first-order valence-corrected chi connectivity index (χ1v) is 15.0. The predicted octanol–water partition coefficient (Wildman–Crippen LogP) is 6.55. The minimum atomic E-state index is -0.190. The van der Waals surface area contributed by atoms with E-state index in [1.165, 1.54) is 12.0 Å². The second kappa shape index (κ2) is 15.3. The molecule has 2 amide bonds. The van der Waals surface area contributed by atoms with Crippen LogP contribution in [0, 0.1) is 0 Å². The standard InChI is InChI=1S/C34H45N3O4/c1-4-5-12-21-36(34(39)31-20-19-30(40-2)23-32(31)41-3)26-33(38)37(28-16-10-7-11-17-28)25-29-18-13-22-35(29)24-27-14-8-6-9-15-27/h6,8-9,13-15,18-20,22-23,28H,4-5,7,10-12,16-17,21,24-26H2,1-3H3. The number of aromatic nitrogens is 1. The maximum atomic E-state index is 14.1. The highest BCUT2D eigenvalue weighted by molar-refractivity contribution is 5.99. The van der Waals surface area contributed by atoms with Gasteiger partial charge >= 0.3 is 0 Å². The first kappa shape index (κ1) is 30.2. The van der Waals surface area contributed by atoms with Gasteiger partial charge in [0.25, 0.3) is 5.91 Å². The highest BCUT2D eigenvalue weighted by Gasteiger charge is 2.30. The van der Waals surface area contributed by atoms with E-state index in [1.807, 2.05) is 11.0 Å². The number of carbonyl (C=O) groups excluding carboxylic acids is 2. The Kier molecular flexibility index (Phi) is 11.3. The van der Waals surface area contributed by atoms with Gasteiger partial charge in [-0.05, 0) is 49.1 Å². The number of hydrogen-bond donors (Lipinski definition) is 0. The molecule has 0 unspecified atom stereocenters. The Morgan fingerprint density at radius 3 is 2.41 bits per heavy atom. The van der Waals surface area contributed by atoms with Crippen LogP contribution in [0.2, 0.25) is 0 Å². The fourth-order valence-electron chi connectivity index (χ4n) is 5.72. The van der Waals surface area contributed by atoms with Crippen molar-refractivity contribution in [3.05, 3.63) is 83.7 Å². The van der Waals surface area contributed by atoms with Crippen LogP contribution in [0.5, 0.6) is 11.5 Å². The fourth-order valence-corrected chi connectivity index (χ4v) is 5.72.